The predicted octanol–water partition coefficient (Wildman–Crippen LogP) is 2.13. The second-order valence-electron chi connectivity index (χ2n) is 3.72. The number of hydrogen-bond donors (Lipinski definition) is 1. The lowest BCUT2D eigenvalue weighted by molar-refractivity contribution is 0.468. The molecule has 0 spiro atoms. The molecule has 2 N–H and O–H groups in total. The Hall–Kier alpha value is -1.55. The molecule has 0 radical (unpaired) electrons. The lowest BCUT2D eigenvalue weighted by Gasteiger charge is -1.98. The van der Waals surface area contributed by atoms with Crippen LogP contribution in [0.25, 0.3) is 11.7 Å². The zero-order valence-electron chi connectivity index (χ0n) is 8.86. The molecule has 2 rings (SSSR count). The molecule has 0 saturated heterocycles. The summed E-state index contributed by atoms with van der Waals surface area (Å²) in [7, 11) is 0. The molecule has 0 aliphatic rings. The Morgan fingerprint density at radius 3 is 2.80 bits per heavy atom. The molecular formula is C11H14N2O2. The minimum atomic E-state index is 0.0733. The maximum atomic E-state index is 5.67. The molecule has 0 saturated carbocycles. The van der Waals surface area contributed by atoms with Crippen LogP contribution in [0.2, 0.25) is 0 Å². The zero-order chi connectivity index (χ0) is 10.8. The first-order chi connectivity index (χ1) is 7.15. The van der Waals surface area contributed by atoms with Crippen molar-refractivity contribution < 1.29 is 8.83 Å². The fourth-order valence-corrected chi connectivity index (χ4v) is 1.38. The summed E-state index contributed by atoms with van der Waals surface area (Å²) in [5.41, 5.74) is 5.67. The Balaban J connectivity index is 2.20. The minimum Gasteiger partial charge on any atom is -0.456 e. The molecule has 1 atom stereocenters. The molecule has 2 heterocycles. The van der Waals surface area contributed by atoms with E-state index in [0.29, 0.717) is 18.1 Å². The van der Waals surface area contributed by atoms with Crippen molar-refractivity contribution in [2.45, 2.75) is 26.3 Å². The highest BCUT2D eigenvalue weighted by atomic mass is 16.4. The highest BCUT2D eigenvalue weighted by Crippen LogP contribution is 2.21. The van der Waals surface area contributed by atoms with E-state index in [2.05, 4.69) is 4.98 Å². The van der Waals surface area contributed by atoms with Gasteiger partial charge in [-0.15, -0.1) is 0 Å². The Bertz CT molecular complexity index is 443. The first-order valence-corrected chi connectivity index (χ1v) is 4.92. The molecule has 2 aromatic heterocycles. The number of rotatable bonds is 3. The fourth-order valence-electron chi connectivity index (χ4n) is 1.38. The SMILES string of the molecule is Cc1ccc(-c2ncc(CC(C)N)o2)o1. The Morgan fingerprint density at radius 2 is 2.20 bits per heavy atom. The number of furan rings is 1. The molecule has 1 unspecified atom stereocenters. The molecule has 0 aliphatic carbocycles. The van der Waals surface area contributed by atoms with E-state index in [4.69, 9.17) is 14.6 Å². The van der Waals surface area contributed by atoms with Crippen LogP contribution in [0.3, 0.4) is 0 Å². The van der Waals surface area contributed by atoms with Crippen molar-refractivity contribution in [3.05, 3.63) is 29.9 Å². The second kappa shape index (κ2) is 3.90. The quantitative estimate of drug-likeness (QED) is 0.835. The molecule has 0 amide bonds. The van der Waals surface area contributed by atoms with E-state index < -0.39 is 0 Å². The molecule has 0 fully saturated rings. The monoisotopic (exact) mass is 206 g/mol. The number of aromatic nitrogens is 1. The molecule has 4 heteroatoms. The number of aryl methyl sites for hydroxylation is 1. The second-order valence-corrected chi connectivity index (χ2v) is 3.72. The highest BCUT2D eigenvalue weighted by Gasteiger charge is 2.10. The van der Waals surface area contributed by atoms with Crippen molar-refractivity contribution in [2.24, 2.45) is 5.73 Å². The topological polar surface area (TPSA) is 65.2 Å². The molecule has 15 heavy (non-hydrogen) atoms. The van der Waals surface area contributed by atoms with E-state index in [1.807, 2.05) is 26.0 Å². The Kier molecular flexibility index (Phi) is 2.60. The van der Waals surface area contributed by atoms with Gasteiger partial charge in [-0.2, -0.15) is 0 Å². The third-order valence-corrected chi connectivity index (χ3v) is 2.03. The van der Waals surface area contributed by atoms with E-state index in [1.165, 1.54) is 0 Å². The van der Waals surface area contributed by atoms with Crippen LogP contribution in [0, 0.1) is 6.92 Å². The van der Waals surface area contributed by atoms with Crippen LogP contribution >= 0.6 is 0 Å². The summed E-state index contributed by atoms with van der Waals surface area (Å²) in [6.45, 7) is 3.81. The van der Waals surface area contributed by atoms with Gasteiger partial charge in [-0.05, 0) is 26.0 Å². The molecular weight excluding hydrogens is 192 g/mol. The zero-order valence-corrected chi connectivity index (χ0v) is 8.86. The summed E-state index contributed by atoms with van der Waals surface area (Å²) in [6.07, 6.45) is 2.38. The number of hydrogen-bond acceptors (Lipinski definition) is 4. The molecule has 0 bridgehead atoms. The van der Waals surface area contributed by atoms with Crippen molar-refractivity contribution >= 4 is 0 Å². The van der Waals surface area contributed by atoms with Gasteiger partial charge in [0.2, 0.25) is 0 Å². The van der Waals surface area contributed by atoms with Gasteiger partial charge >= 0.3 is 0 Å². The minimum absolute atomic E-state index is 0.0733. The molecule has 80 valence electrons. The number of nitrogens with zero attached hydrogens (tertiary/aromatic N) is 1. The van der Waals surface area contributed by atoms with E-state index in [0.717, 1.165) is 11.5 Å². The first kappa shape index (κ1) is 9.98. The summed E-state index contributed by atoms with van der Waals surface area (Å²) in [5.74, 6) is 2.80. The van der Waals surface area contributed by atoms with Crippen LogP contribution in [0.5, 0.6) is 0 Å². The summed E-state index contributed by atoms with van der Waals surface area (Å²) >= 11 is 0. The van der Waals surface area contributed by atoms with Crippen LogP contribution in [0.4, 0.5) is 0 Å². The standard InChI is InChI=1S/C11H14N2O2/c1-7(12)5-9-6-13-11(15-9)10-4-3-8(2)14-10/h3-4,6-7H,5,12H2,1-2H3. The van der Waals surface area contributed by atoms with Crippen molar-refractivity contribution in [3.63, 3.8) is 0 Å². The summed E-state index contributed by atoms with van der Waals surface area (Å²) in [6, 6.07) is 3.80. The van der Waals surface area contributed by atoms with Gasteiger partial charge in [-0.25, -0.2) is 4.98 Å². The molecule has 0 aliphatic heterocycles. The van der Waals surface area contributed by atoms with Crippen molar-refractivity contribution in [2.75, 3.05) is 0 Å². The number of oxazole rings is 1. The van der Waals surface area contributed by atoms with Crippen LogP contribution in [-0.2, 0) is 6.42 Å². The highest BCUT2D eigenvalue weighted by molar-refractivity contribution is 5.44. The predicted molar refractivity (Wildman–Crippen MR) is 56.3 cm³/mol. The number of nitrogens with two attached hydrogens (primary N) is 1. The third-order valence-electron chi connectivity index (χ3n) is 2.03. The Labute approximate surface area is 88.1 Å². The van der Waals surface area contributed by atoms with Gasteiger partial charge in [-0.3, -0.25) is 0 Å². The van der Waals surface area contributed by atoms with E-state index >= 15 is 0 Å². The lowest BCUT2D eigenvalue weighted by atomic mass is 10.2. The van der Waals surface area contributed by atoms with Crippen molar-refractivity contribution in [3.8, 4) is 11.7 Å². The van der Waals surface area contributed by atoms with E-state index in [1.54, 1.807) is 6.20 Å². The molecule has 4 nitrogen and oxygen atoms in total. The van der Waals surface area contributed by atoms with E-state index in [9.17, 15) is 0 Å². The van der Waals surface area contributed by atoms with Gasteiger partial charge < -0.3 is 14.6 Å². The van der Waals surface area contributed by atoms with Gasteiger partial charge in [0.15, 0.2) is 5.76 Å². The Morgan fingerprint density at radius 1 is 1.40 bits per heavy atom. The van der Waals surface area contributed by atoms with Gasteiger partial charge in [-0.1, -0.05) is 0 Å². The normalized spacial score (nSPS) is 13.0. The lowest BCUT2D eigenvalue weighted by Crippen LogP contribution is -2.17. The summed E-state index contributed by atoms with van der Waals surface area (Å²) in [5, 5.41) is 0. The van der Waals surface area contributed by atoms with Crippen molar-refractivity contribution in [1.29, 1.82) is 0 Å². The average molecular weight is 206 g/mol. The van der Waals surface area contributed by atoms with E-state index in [-0.39, 0.29) is 6.04 Å². The van der Waals surface area contributed by atoms with Crippen LogP contribution in [0.15, 0.2) is 27.2 Å². The third kappa shape index (κ3) is 2.27. The molecule has 0 aromatic carbocycles. The summed E-state index contributed by atoms with van der Waals surface area (Å²) in [4.78, 5) is 4.14. The van der Waals surface area contributed by atoms with Gasteiger partial charge in [0.1, 0.15) is 11.5 Å². The van der Waals surface area contributed by atoms with Crippen LogP contribution in [-0.4, -0.2) is 11.0 Å². The van der Waals surface area contributed by atoms with Crippen LogP contribution < -0.4 is 5.73 Å². The van der Waals surface area contributed by atoms with Gasteiger partial charge in [0, 0.05) is 12.5 Å². The van der Waals surface area contributed by atoms with Crippen LogP contribution in [0.1, 0.15) is 18.4 Å². The maximum absolute atomic E-state index is 5.67. The largest absolute Gasteiger partial charge is 0.456 e. The smallest absolute Gasteiger partial charge is 0.262 e. The maximum Gasteiger partial charge on any atom is 0.262 e. The summed E-state index contributed by atoms with van der Waals surface area (Å²) < 4.78 is 10.9. The fraction of sp³-hybridized carbons (Fsp3) is 0.364. The first-order valence-electron chi connectivity index (χ1n) is 4.92. The van der Waals surface area contributed by atoms with Gasteiger partial charge in [0.05, 0.1) is 6.20 Å². The van der Waals surface area contributed by atoms with Gasteiger partial charge in [0.25, 0.3) is 5.89 Å². The van der Waals surface area contributed by atoms with Crippen molar-refractivity contribution in [1.82, 2.24) is 4.98 Å². The molecule has 2 aromatic rings. The average Bonchev–Trinajstić information content (AvgIpc) is 2.72.